The molecule has 0 fully saturated rings. The average Bonchev–Trinajstić information content (AvgIpc) is 2.03. The van der Waals surface area contributed by atoms with E-state index in [0.717, 1.165) is 12.0 Å². The Hall–Kier alpha value is -1.09. The van der Waals surface area contributed by atoms with E-state index in [1.165, 1.54) is 0 Å². The van der Waals surface area contributed by atoms with Crippen molar-refractivity contribution in [2.45, 2.75) is 19.4 Å². The highest BCUT2D eigenvalue weighted by Crippen LogP contribution is 2.13. The molecule has 1 aromatic heterocycles. The fourth-order valence-corrected chi connectivity index (χ4v) is 0.932. The Morgan fingerprint density at radius 1 is 1.64 bits per heavy atom. The standard InChI is InChI=1S/C8H13N3/c1-2-7(9)6-3-4-11-8(10)5-6/h3-5,7H,2,9H2,1H3,(H2,10,11)/t7-/m1/s1. The van der Waals surface area contributed by atoms with Crippen LogP contribution >= 0.6 is 0 Å². The van der Waals surface area contributed by atoms with Gasteiger partial charge >= 0.3 is 0 Å². The lowest BCUT2D eigenvalue weighted by molar-refractivity contribution is 0.698. The summed E-state index contributed by atoms with van der Waals surface area (Å²) in [6, 6.07) is 3.79. The van der Waals surface area contributed by atoms with Gasteiger partial charge in [-0.05, 0) is 24.1 Å². The first-order valence-corrected chi connectivity index (χ1v) is 3.71. The maximum Gasteiger partial charge on any atom is 0.123 e. The number of nitrogen functional groups attached to an aromatic ring is 1. The van der Waals surface area contributed by atoms with Crippen LogP contribution in [0.1, 0.15) is 24.9 Å². The number of hydrogen-bond donors (Lipinski definition) is 2. The number of anilines is 1. The fourth-order valence-electron chi connectivity index (χ4n) is 0.932. The van der Waals surface area contributed by atoms with Crippen LogP contribution in [0.2, 0.25) is 0 Å². The Balaban J connectivity index is 2.86. The van der Waals surface area contributed by atoms with Crippen LogP contribution in [0.5, 0.6) is 0 Å². The molecule has 0 aromatic carbocycles. The van der Waals surface area contributed by atoms with Gasteiger partial charge < -0.3 is 11.5 Å². The Bertz CT molecular complexity index is 235. The van der Waals surface area contributed by atoms with E-state index >= 15 is 0 Å². The zero-order valence-corrected chi connectivity index (χ0v) is 6.62. The summed E-state index contributed by atoms with van der Waals surface area (Å²) in [5, 5.41) is 0. The molecule has 11 heavy (non-hydrogen) atoms. The number of aromatic nitrogens is 1. The highest BCUT2D eigenvalue weighted by molar-refractivity contribution is 5.33. The van der Waals surface area contributed by atoms with Crippen molar-refractivity contribution in [2.24, 2.45) is 5.73 Å². The Morgan fingerprint density at radius 3 is 2.91 bits per heavy atom. The smallest absolute Gasteiger partial charge is 0.123 e. The first kappa shape index (κ1) is 8.01. The molecule has 0 spiro atoms. The lowest BCUT2D eigenvalue weighted by Crippen LogP contribution is -2.09. The summed E-state index contributed by atoms with van der Waals surface area (Å²) in [6.45, 7) is 2.04. The van der Waals surface area contributed by atoms with E-state index in [-0.39, 0.29) is 6.04 Å². The summed E-state index contributed by atoms with van der Waals surface area (Å²) in [7, 11) is 0. The molecular formula is C8H13N3. The van der Waals surface area contributed by atoms with Crippen LogP contribution in [0.15, 0.2) is 18.3 Å². The minimum atomic E-state index is 0.0836. The van der Waals surface area contributed by atoms with Gasteiger partial charge in [-0.3, -0.25) is 0 Å². The molecule has 1 atom stereocenters. The van der Waals surface area contributed by atoms with E-state index in [2.05, 4.69) is 4.98 Å². The van der Waals surface area contributed by atoms with Crippen molar-refractivity contribution < 1.29 is 0 Å². The maximum absolute atomic E-state index is 5.78. The lowest BCUT2D eigenvalue weighted by atomic mass is 10.1. The van der Waals surface area contributed by atoms with Gasteiger partial charge in [0.25, 0.3) is 0 Å². The van der Waals surface area contributed by atoms with Gasteiger partial charge in [0.2, 0.25) is 0 Å². The zero-order valence-electron chi connectivity index (χ0n) is 6.62. The van der Waals surface area contributed by atoms with Crippen molar-refractivity contribution in [1.29, 1.82) is 0 Å². The Kier molecular flexibility index (Phi) is 2.44. The molecule has 60 valence electrons. The Labute approximate surface area is 66.4 Å². The Morgan fingerprint density at radius 2 is 2.36 bits per heavy atom. The maximum atomic E-state index is 5.78. The molecule has 1 aromatic rings. The van der Waals surface area contributed by atoms with Gasteiger partial charge in [0.05, 0.1) is 0 Å². The molecule has 0 radical (unpaired) electrons. The fraction of sp³-hybridized carbons (Fsp3) is 0.375. The van der Waals surface area contributed by atoms with Gasteiger partial charge in [0.1, 0.15) is 5.82 Å². The highest BCUT2D eigenvalue weighted by atomic mass is 14.8. The van der Waals surface area contributed by atoms with Crippen molar-refractivity contribution in [2.75, 3.05) is 5.73 Å². The van der Waals surface area contributed by atoms with Gasteiger partial charge in [-0.25, -0.2) is 4.98 Å². The van der Waals surface area contributed by atoms with Crippen LogP contribution in [0.3, 0.4) is 0 Å². The third-order valence-corrected chi connectivity index (χ3v) is 1.67. The summed E-state index contributed by atoms with van der Waals surface area (Å²) in [6.07, 6.45) is 2.60. The summed E-state index contributed by atoms with van der Waals surface area (Å²) >= 11 is 0. The molecule has 1 rings (SSSR count). The van der Waals surface area contributed by atoms with E-state index < -0.39 is 0 Å². The van der Waals surface area contributed by atoms with Crippen LogP contribution in [0.4, 0.5) is 5.82 Å². The monoisotopic (exact) mass is 151 g/mol. The summed E-state index contributed by atoms with van der Waals surface area (Å²) < 4.78 is 0. The molecular weight excluding hydrogens is 138 g/mol. The van der Waals surface area contributed by atoms with Gasteiger partial charge in [-0.15, -0.1) is 0 Å². The van der Waals surface area contributed by atoms with Gasteiger partial charge in [0, 0.05) is 12.2 Å². The molecule has 0 aliphatic rings. The molecule has 0 saturated carbocycles. The second-order valence-corrected chi connectivity index (χ2v) is 2.53. The molecule has 0 bridgehead atoms. The van der Waals surface area contributed by atoms with Crippen LogP contribution in [-0.4, -0.2) is 4.98 Å². The van der Waals surface area contributed by atoms with Gasteiger partial charge in [-0.2, -0.15) is 0 Å². The summed E-state index contributed by atoms with van der Waals surface area (Å²) in [5.74, 6) is 0.534. The summed E-state index contributed by atoms with van der Waals surface area (Å²) in [5.41, 5.74) is 12.3. The second kappa shape index (κ2) is 3.34. The van der Waals surface area contributed by atoms with E-state index in [4.69, 9.17) is 11.5 Å². The molecule has 0 aliphatic heterocycles. The van der Waals surface area contributed by atoms with Crippen molar-refractivity contribution >= 4 is 5.82 Å². The van der Waals surface area contributed by atoms with E-state index in [1.807, 2.05) is 19.1 Å². The third kappa shape index (κ3) is 1.91. The molecule has 0 unspecified atom stereocenters. The van der Waals surface area contributed by atoms with Crippen LogP contribution in [0, 0.1) is 0 Å². The lowest BCUT2D eigenvalue weighted by Gasteiger charge is -2.08. The molecule has 1 heterocycles. The third-order valence-electron chi connectivity index (χ3n) is 1.67. The average molecular weight is 151 g/mol. The van der Waals surface area contributed by atoms with Crippen molar-refractivity contribution in [1.82, 2.24) is 4.98 Å². The second-order valence-electron chi connectivity index (χ2n) is 2.53. The number of nitrogens with zero attached hydrogens (tertiary/aromatic N) is 1. The first-order chi connectivity index (χ1) is 5.24. The minimum Gasteiger partial charge on any atom is -0.384 e. The number of hydrogen-bond acceptors (Lipinski definition) is 3. The number of rotatable bonds is 2. The van der Waals surface area contributed by atoms with Crippen LogP contribution in [-0.2, 0) is 0 Å². The van der Waals surface area contributed by atoms with E-state index in [1.54, 1.807) is 6.20 Å². The minimum absolute atomic E-state index is 0.0836. The predicted octanol–water partition coefficient (Wildman–Crippen LogP) is 1.07. The van der Waals surface area contributed by atoms with Gasteiger partial charge in [0.15, 0.2) is 0 Å². The van der Waals surface area contributed by atoms with E-state index in [9.17, 15) is 0 Å². The molecule has 4 N–H and O–H groups in total. The largest absolute Gasteiger partial charge is 0.384 e. The van der Waals surface area contributed by atoms with Gasteiger partial charge in [-0.1, -0.05) is 6.92 Å². The van der Waals surface area contributed by atoms with Crippen LogP contribution < -0.4 is 11.5 Å². The van der Waals surface area contributed by atoms with E-state index in [0.29, 0.717) is 5.82 Å². The predicted molar refractivity (Wildman–Crippen MR) is 45.9 cm³/mol. The zero-order chi connectivity index (χ0) is 8.27. The molecule has 0 amide bonds. The van der Waals surface area contributed by atoms with Crippen molar-refractivity contribution in [3.63, 3.8) is 0 Å². The SMILES string of the molecule is CC[C@@H](N)c1ccnc(N)c1. The molecule has 3 nitrogen and oxygen atoms in total. The molecule has 0 aliphatic carbocycles. The molecule has 3 heteroatoms. The highest BCUT2D eigenvalue weighted by Gasteiger charge is 2.02. The van der Waals surface area contributed by atoms with Crippen LogP contribution in [0.25, 0.3) is 0 Å². The normalized spacial score (nSPS) is 12.9. The van der Waals surface area contributed by atoms with Crippen molar-refractivity contribution in [3.05, 3.63) is 23.9 Å². The first-order valence-electron chi connectivity index (χ1n) is 3.71. The quantitative estimate of drug-likeness (QED) is 0.664. The topological polar surface area (TPSA) is 64.9 Å². The van der Waals surface area contributed by atoms with Crippen molar-refractivity contribution in [3.8, 4) is 0 Å². The number of nitrogens with two attached hydrogens (primary N) is 2. The summed E-state index contributed by atoms with van der Waals surface area (Å²) in [4.78, 5) is 3.88. The number of pyridine rings is 1. The molecule has 0 saturated heterocycles.